The predicted octanol–water partition coefficient (Wildman–Crippen LogP) is 4.57. The third-order valence-corrected chi connectivity index (χ3v) is 4.67. The largest absolute Gasteiger partial charge is 0.506 e. The summed E-state index contributed by atoms with van der Waals surface area (Å²) in [6.45, 7) is 2.20. The summed E-state index contributed by atoms with van der Waals surface area (Å²) in [4.78, 5) is 16.5. The van der Waals surface area contributed by atoms with Crippen LogP contribution < -0.4 is 10.1 Å². The second kappa shape index (κ2) is 8.21. The third kappa shape index (κ3) is 4.97. The smallest absolute Gasteiger partial charge is 0.230 e. The monoisotopic (exact) mass is 388 g/mol. The first-order valence-electron chi connectivity index (χ1n) is 7.91. The number of amides is 1. The van der Waals surface area contributed by atoms with Crippen LogP contribution in [-0.4, -0.2) is 16.0 Å². The lowest BCUT2D eigenvalue weighted by molar-refractivity contribution is -0.115. The Kier molecular flexibility index (Phi) is 5.75. The van der Waals surface area contributed by atoms with E-state index in [0.717, 1.165) is 10.6 Å². The van der Waals surface area contributed by atoms with Gasteiger partial charge in [0.15, 0.2) is 0 Å². The number of aromatic hydroxyl groups is 1. The molecule has 2 aromatic carbocycles. The van der Waals surface area contributed by atoms with E-state index in [4.69, 9.17) is 16.3 Å². The first kappa shape index (κ1) is 18.2. The summed E-state index contributed by atoms with van der Waals surface area (Å²) in [6, 6.07) is 12.2. The van der Waals surface area contributed by atoms with Crippen LogP contribution in [0.2, 0.25) is 5.02 Å². The van der Waals surface area contributed by atoms with Crippen molar-refractivity contribution in [1.29, 1.82) is 0 Å². The van der Waals surface area contributed by atoms with Gasteiger partial charge in [0.1, 0.15) is 23.1 Å². The summed E-state index contributed by atoms with van der Waals surface area (Å²) in [7, 11) is 0. The zero-order valence-electron chi connectivity index (χ0n) is 14.0. The first-order chi connectivity index (χ1) is 12.5. The van der Waals surface area contributed by atoms with Crippen LogP contribution >= 0.6 is 22.9 Å². The normalized spacial score (nSPS) is 10.5. The van der Waals surface area contributed by atoms with E-state index in [9.17, 15) is 9.90 Å². The third-order valence-electron chi connectivity index (χ3n) is 3.54. The molecular weight excluding hydrogens is 372 g/mol. The summed E-state index contributed by atoms with van der Waals surface area (Å²) >= 11 is 7.27. The maximum atomic E-state index is 12.1. The van der Waals surface area contributed by atoms with Crippen molar-refractivity contribution in [3.05, 3.63) is 69.1 Å². The molecule has 26 heavy (non-hydrogen) atoms. The predicted molar refractivity (Wildman–Crippen MR) is 103 cm³/mol. The fraction of sp³-hybridized carbons (Fsp3) is 0.158. The molecule has 0 bridgehead atoms. The molecule has 3 aromatic rings. The van der Waals surface area contributed by atoms with Gasteiger partial charge in [-0.3, -0.25) is 4.79 Å². The number of hydrogen-bond acceptors (Lipinski definition) is 5. The highest BCUT2D eigenvalue weighted by Crippen LogP contribution is 2.24. The second-order valence-corrected chi connectivity index (χ2v) is 7.10. The molecule has 0 atom stereocenters. The molecule has 0 radical (unpaired) electrons. The SMILES string of the molecule is Cc1ccc(NC(=O)Cc2csc(COc3ccc(Cl)cc3)n2)c(O)c1. The molecule has 1 amide bonds. The van der Waals surface area contributed by atoms with Gasteiger partial charge in [-0.1, -0.05) is 17.7 Å². The molecule has 0 saturated heterocycles. The number of phenols is 1. The fourth-order valence-electron chi connectivity index (χ4n) is 2.28. The summed E-state index contributed by atoms with van der Waals surface area (Å²) in [5.74, 6) is 0.520. The molecule has 3 rings (SSSR count). The molecule has 1 heterocycles. The van der Waals surface area contributed by atoms with Crippen LogP contribution in [0.15, 0.2) is 47.8 Å². The van der Waals surface area contributed by atoms with E-state index in [1.54, 1.807) is 36.4 Å². The molecule has 0 aliphatic rings. The zero-order valence-corrected chi connectivity index (χ0v) is 15.6. The minimum Gasteiger partial charge on any atom is -0.506 e. The number of halogens is 1. The van der Waals surface area contributed by atoms with Gasteiger partial charge in [-0.15, -0.1) is 11.3 Å². The number of carbonyl (C=O) groups is 1. The average molecular weight is 389 g/mol. The average Bonchev–Trinajstić information content (AvgIpc) is 3.04. The number of aryl methyl sites for hydroxylation is 1. The van der Waals surface area contributed by atoms with Gasteiger partial charge < -0.3 is 15.2 Å². The van der Waals surface area contributed by atoms with E-state index < -0.39 is 0 Å². The number of phenolic OH excluding ortho intramolecular Hbond substituents is 1. The van der Waals surface area contributed by atoms with Crippen molar-refractivity contribution in [2.24, 2.45) is 0 Å². The van der Waals surface area contributed by atoms with Gasteiger partial charge in [0.25, 0.3) is 0 Å². The minimum absolute atomic E-state index is 0.0497. The maximum absolute atomic E-state index is 12.1. The van der Waals surface area contributed by atoms with Crippen LogP contribution in [0.3, 0.4) is 0 Å². The van der Waals surface area contributed by atoms with Gasteiger partial charge in [0, 0.05) is 10.4 Å². The number of carbonyl (C=O) groups excluding carboxylic acids is 1. The Balaban J connectivity index is 1.54. The van der Waals surface area contributed by atoms with E-state index in [-0.39, 0.29) is 18.1 Å². The highest BCUT2D eigenvalue weighted by Gasteiger charge is 2.11. The topological polar surface area (TPSA) is 71.5 Å². The first-order valence-corrected chi connectivity index (χ1v) is 9.16. The number of anilines is 1. The van der Waals surface area contributed by atoms with Gasteiger partial charge in [0.05, 0.1) is 17.8 Å². The molecule has 0 fully saturated rings. The minimum atomic E-state index is -0.236. The molecule has 134 valence electrons. The number of aromatic nitrogens is 1. The fourth-order valence-corrected chi connectivity index (χ4v) is 3.11. The van der Waals surface area contributed by atoms with Crippen molar-refractivity contribution in [3.63, 3.8) is 0 Å². The summed E-state index contributed by atoms with van der Waals surface area (Å²) in [5.41, 5.74) is 1.97. The molecule has 0 aliphatic carbocycles. The van der Waals surface area contributed by atoms with Gasteiger partial charge >= 0.3 is 0 Å². The standard InChI is InChI=1S/C19H17ClN2O3S/c1-12-2-7-16(17(23)8-12)22-18(24)9-14-11-26-19(21-14)10-25-15-5-3-13(20)4-6-15/h2-8,11,23H,9-10H2,1H3,(H,22,24). The number of hydrogen-bond donors (Lipinski definition) is 2. The second-order valence-electron chi connectivity index (χ2n) is 5.72. The van der Waals surface area contributed by atoms with Gasteiger partial charge in [-0.25, -0.2) is 4.98 Å². The van der Waals surface area contributed by atoms with Gasteiger partial charge in [-0.05, 0) is 48.9 Å². The maximum Gasteiger partial charge on any atom is 0.230 e. The van der Waals surface area contributed by atoms with Crippen LogP contribution in [0.25, 0.3) is 0 Å². The Morgan fingerprint density at radius 1 is 1.27 bits per heavy atom. The van der Waals surface area contributed by atoms with E-state index in [0.29, 0.717) is 28.8 Å². The molecule has 0 spiro atoms. The van der Waals surface area contributed by atoms with Crippen LogP contribution in [0.1, 0.15) is 16.3 Å². The van der Waals surface area contributed by atoms with Gasteiger partial charge in [0.2, 0.25) is 5.91 Å². The zero-order chi connectivity index (χ0) is 18.5. The van der Waals surface area contributed by atoms with Crippen molar-refractivity contribution < 1.29 is 14.6 Å². The van der Waals surface area contributed by atoms with Crippen LogP contribution in [-0.2, 0) is 17.8 Å². The van der Waals surface area contributed by atoms with Crippen molar-refractivity contribution in [3.8, 4) is 11.5 Å². The number of ether oxygens (including phenoxy) is 1. The number of nitrogens with zero attached hydrogens (tertiary/aromatic N) is 1. The van der Waals surface area contributed by atoms with E-state index in [1.807, 2.05) is 18.4 Å². The summed E-state index contributed by atoms with van der Waals surface area (Å²) < 4.78 is 5.64. The Morgan fingerprint density at radius 3 is 2.77 bits per heavy atom. The van der Waals surface area contributed by atoms with Crippen LogP contribution in [0, 0.1) is 6.92 Å². The highest BCUT2D eigenvalue weighted by molar-refractivity contribution is 7.09. The Hall–Kier alpha value is -2.57. The summed E-state index contributed by atoms with van der Waals surface area (Å²) in [6.07, 6.45) is 0.130. The van der Waals surface area contributed by atoms with Crippen LogP contribution in [0.5, 0.6) is 11.5 Å². The molecule has 0 unspecified atom stereocenters. The van der Waals surface area contributed by atoms with Gasteiger partial charge in [-0.2, -0.15) is 0 Å². The van der Waals surface area contributed by atoms with E-state index >= 15 is 0 Å². The molecule has 7 heteroatoms. The number of nitrogens with one attached hydrogen (secondary N) is 1. The number of rotatable bonds is 6. The van der Waals surface area contributed by atoms with Crippen molar-refractivity contribution in [1.82, 2.24) is 4.98 Å². The van der Waals surface area contributed by atoms with E-state index in [1.165, 1.54) is 11.3 Å². The van der Waals surface area contributed by atoms with Crippen molar-refractivity contribution >= 4 is 34.5 Å². The van der Waals surface area contributed by atoms with Crippen molar-refractivity contribution in [2.45, 2.75) is 20.0 Å². The molecule has 0 saturated carbocycles. The molecular formula is C19H17ClN2O3S. The number of thiazole rings is 1. The van der Waals surface area contributed by atoms with Crippen molar-refractivity contribution in [2.75, 3.05) is 5.32 Å². The number of benzene rings is 2. The molecule has 0 aliphatic heterocycles. The molecule has 2 N–H and O–H groups in total. The lowest BCUT2D eigenvalue weighted by Crippen LogP contribution is -2.14. The Labute approximate surface area is 160 Å². The van der Waals surface area contributed by atoms with Crippen LogP contribution in [0.4, 0.5) is 5.69 Å². The Bertz CT molecular complexity index is 909. The van der Waals surface area contributed by atoms with E-state index in [2.05, 4.69) is 10.3 Å². The summed E-state index contributed by atoms with van der Waals surface area (Å²) in [5, 5.41) is 15.8. The highest BCUT2D eigenvalue weighted by atomic mass is 35.5. The molecule has 1 aromatic heterocycles. The Morgan fingerprint density at radius 2 is 2.04 bits per heavy atom. The lowest BCUT2D eigenvalue weighted by Gasteiger charge is -2.07. The quantitative estimate of drug-likeness (QED) is 0.607. The lowest BCUT2D eigenvalue weighted by atomic mass is 10.2. The molecule has 5 nitrogen and oxygen atoms in total.